The molecule has 4 nitrogen and oxygen atoms in total. The molecule has 1 aliphatic carbocycles. The average molecular weight is 345 g/mol. The molecule has 0 unspecified atom stereocenters. The van der Waals surface area contributed by atoms with E-state index in [4.69, 9.17) is 4.74 Å². The highest BCUT2D eigenvalue weighted by molar-refractivity contribution is 6.98. The molecule has 1 aromatic heterocycles. The third-order valence-corrected chi connectivity index (χ3v) is 5.78. The number of hydrogen-bond donors (Lipinski definition) is 0. The molecular formula is C21H24BN3O. The van der Waals surface area contributed by atoms with Crippen LogP contribution in [0.5, 0.6) is 0 Å². The van der Waals surface area contributed by atoms with Crippen molar-refractivity contribution in [3.8, 4) is 0 Å². The molecule has 0 N–H and O–H groups in total. The first-order valence-corrected chi connectivity index (χ1v) is 9.39. The molecule has 1 saturated carbocycles. The molecule has 0 radical (unpaired) electrons. The van der Waals surface area contributed by atoms with Crippen LogP contribution in [0.3, 0.4) is 0 Å². The molecule has 5 heteroatoms. The maximum atomic E-state index is 6.33. The third-order valence-electron chi connectivity index (χ3n) is 5.78. The summed E-state index contributed by atoms with van der Waals surface area (Å²) in [5, 5.41) is 0. The van der Waals surface area contributed by atoms with Gasteiger partial charge in [0.15, 0.2) is 0 Å². The predicted octanol–water partition coefficient (Wildman–Crippen LogP) is 3.68. The summed E-state index contributed by atoms with van der Waals surface area (Å²) in [5.41, 5.74) is 5.43. The van der Waals surface area contributed by atoms with Crippen molar-refractivity contribution in [3.05, 3.63) is 60.1 Å². The smallest absolute Gasteiger partial charge is 0.257 e. The van der Waals surface area contributed by atoms with Gasteiger partial charge in [0.05, 0.1) is 24.1 Å². The molecule has 3 atom stereocenters. The van der Waals surface area contributed by atoms with E-state index in [9.17, 15) is 0 Å². The fraction of sp³-hybridized carbons (Fsp3) is 0.381. The van der Waals surface area contributed by atoms with E-state index in [0.29, 0.717) is 18.3 Å². The summed E-state index contributed by atoms with van der Waals surface area (Å²) < 4.78 is 6.33. The minimum atomic E-state index is 0.193. The second kappa shape index (κ2) is 7.16. The monoisotopic (exact) mass is 345 g/mol. The molecular weight excluding hydrogens is 321 g/mol. The molecule has 0 saturated heterocycles. The Morgan fingerprint density at radius 3 is 2.81 bits per heavy atom. The van der Waals surface area contributed by atoms with Crippen LogP contribution >= 0.6 is 0 Å². The van der Waals surface area contributed by atoms with Crippen molar-refractivity contribution in [2.45, 2.75) is 45.2 Å². The first-order chi connectivity index (χ1) is 12.7. The lowest BCUT2D eigenvalue weighted by atomic mass is 9.39. The van der Waals surface area contributed by atoms with Gasteiger partial charge >= 0.3 is 0 Å². The maximum absolute atomic E-state index is 6.33. The van der Waals surface area contributed by atoms with E-state index in [-0.39, 0.29) is 12.8 Å². The Bertz CT molecular complexity index is 836. The van der Waals surface area contributed by atoms with Crippen molar-refractivity contribution in [1.29, 1.82) is 0 Å². The minimum absolute atomic E-state index is 0.193. The van der Waals surface area contributed by atoms with Crippen LogP contribution in [0.25, 0.3) is 0 Å². The molecule has 4 rings (SSSR count). The van der Waals surface area contributed by atoms with Crippen LogP contribution < -0.4 is 5.59 Å². The number of aromatic nitrogens is 2. The average Bonchev–Trinajstić information content (AvgIpc) is 3.22. The number of fused-ring (bicyclic) bond motifs is 1. The lowest BCUT2D eigenvalue weighted by Gasteiger charge is -2.19. The van der Waals surface area contributed by atoms with E-state index in [0.717, 1.165) is 29.8 Å². The normalized spacial score (nSPS) is 24.3. The minimum Gasteiger partial charge on any atom is -0.373 e. The summed E-state index contributed by atoms with van der Waals surface area (Å²) in [6, 6.07) is 10.4. The van der Waals surface area contributed by atoms with Gasteiger partial charge in [-0.05, 0) is 37.3 Å². The standard InChI is InChI=1S/C21H24BN3O/c1-4-17-14(2)18(10-19(17)26-11-16-8-6-5-7-9-16)22-12-23-20-15(3)24-13-25-21(20)22/h5-9,12-13,17-19H,2,4,10-11H2,1,3H3/t17-,18-,19-/m0/s1. The fourth-order valence-electron chi connectivity index (χ4n) is 4.35. The molecule has 1 fully saturated rings. The van der Waals surface area contributed by atoms with E-state index < -0.39 is 0 Å². The number of hydrogen-bond acceptors (Lipinski definition) is 4. The van der Waals surface area contributed by atoms with Crippen molar-refractivity contribution < 1.29 is 4.74 Å². The Hall–Kier alpha value is -2.27. The zero-order valence-corrected chi connectivity index (χ0v) is 15.4. The number of ether oxygens (including phenoxy) is 1. The lowest BCUT2D eigenvalue weighted by molar-refractivity contribution is 0.0200. The van der Waals surface area contributed by atoms with Crippen molar-refractivity contribution in [2.24, 2.45) is 10.9 Å². The van der Waals surface area contributed by atoms with Gasteiger partial charge in [0.1, 0.15) is 6.33 Å². The summed E-state index contributed by atoms with van der Waals surface area (Å²) in [6.45, 7) is 9.51. The van der Waals surface area contributed by atoms with Crippen LogP contribution in [0.15, 0.2) is 53.8 Å². The molecule has 132 valence electrons. The highest BCUT2D eigenvalue weighted by Gasteiger charge is 2.45. The zero-order chi connectivity index (χ0) is 18.1. The zero-order valence-electron chi connectivity index (χ0n) is 15.4. The van der Waals surface area contributed by atoms with Crippen molar-refractivity contribution in [1.82, 2.24) is 9.97 Å². The van der Waals surface area contributed by atoms with Gasteiger partial charge < -0.3 is 4.74 Å². The van der Waals surface area contributed by atoms with Gasteiger partial charge in [-0.25, -0.2) is 9.97 Å². The second-order valence-electron chi connectivity index (χ2n) is 7.26. The first-order valence-electron chi connectivity index (χ1n) is 9.39. The van der Waals surface area contributed by atoms with Crippen molar-refractivity contribution in [3.63, 3.8) is 0 Å². The quantitative estimate of drug-likeness (QED) is 0.613. The molecule has 26 heavy (non-hydrogen) atoms. The van der Waals surface area contributed by atoms with Crippen LogP contribution in [0.1, 0.15) is 31.0 Å². The second-order valence-corrected chi connectivity index (χ2v) is 7.26. The van der Waals surface area contributed by atoms with E-state index in [1.807, 2.05) is 19.1 Å². The van der Waals surface area contributed by atoms with Crippen LogP contribution in [0.2, 0.25) is 5.82 Å². The van der Waals surface area contributed by atoms with E-state index in [1.54, 1.807) is 6.33 Å². The third kappa shape index (κ3) is 3.01. The Morgan fingerprint density at radius 2 is 2.04 bits per heavy atom. The Morgan fingerprint density at radius 1 is 1.23 bits per heavy atom. The van der Waals surface area contributed by atoms with E-state index >= 15 is 0 Å². The van der Waals surface area contributed by atoms with Crippen LogP contribution in [-0.4, -0.2) is 28.9 Å². The van der Waals surface area contributed by atoms with E-state index in [2.05, 4.69) is 52.7 Å². The van der Waals surface area contributed by atoms with Gasteiger partial charge in [-0.15, -0.1) is 0 Å². The Balaban J connectivity index is 1.52. The first kappa shape index (κ1) is 17.2. The van der Waals surface area contributed by atoms with Gasteiger partial charge in [0, 0.05) is 11.5 Å². The highest BCUT2D eigenvalue weighted by atomic mass is 16.5. The molecule has 0 spiro atoms. The number of rotatable bonds is 5. The van der Waals surface area contributed by atoms with Crippen molar-refractivity contribution >= 4 is 24.1 Å². The maximum Gasteiger partial charge on any atom is 0.257 e. The Labute approximate surface area is 155 Å². The van der Waals surface area contributed by atoms with Gasteiger partial charge in [-0.1, -0.05) is 49.4 Å². The van der Waals surface area contributed by atoms with Gasteiger partial charge in [-0.2, -0.15) is 0 Å². The number of aliphatic imine (C=N–C) groups is 1. The van der Waals surface area contributed by atoms with Crippen molar-refractivity contribution in [2.75, 3.05) is 0 Å². The van der Waals surface area contributed by atoms with Gasteiger partial charge in [0.2, 0.25) is 0 Å². The summed E-state index contributed by atoms with van der Waals surface area (Å²) in [6.07, 6.45) is 5.92. The van der Waals surface area contributed by atoms with Gasteiger partial charge in [0.25, 0.3) is 6.71 Å². The molecule has 2 aromatic rings. The molecule has 0 bridgehead atoms. The largest absolute Gasteiger partial charge is 0.373 e. The van der Waals surface area contributed by atoms with Crippen LogP contribution in [0.4, 0.5) is 5.69 Å². The Kier molecular flexibility index (Phi) is 4.73. The fourth-order valence-corrected chi connectivity index (χ4v) is 4.35. The van der Waals surface area contributed by atoms with E-state index in [1.165, 1.54) is 11.1 Å². The summed E-state index contributed by atoms with van der Waals surface area (Å²) in [4.78, 5) is 13.4. The topological polar surface area (TPSA) is 47.4 Å². The predicted molar refractivity (Wildman–Crippen MR) is 107 cm³/mol. The molecule has 2 heterocycles. The van der Waals surface area contributed by atoms with Crippen LogP contribution in [0, 0.1) is 12.8 Å². The molecule has 1 aliphatic heterocycles. The number of nitrogens with zero attached hydrogens (tertiary/aromatic N) is 3. The summed E-state index contributed by atoms with van der Waals surface area (Å²) in [5.74, 6) is 0.726. The molecule has 1 aromatic carbocycles. The number of aryl methyl sites for hydroxylation is 1. The summed E-state index contributed by atoms with van der Waals surface area (Å²) in [7, 11) is 0. The molecule has 0 amide bonds. The number of benzene rings is 1. The molecule has 2 aliphatic rings. The SMILES string of the molecule is C=C1[C@@H](B2C=Nc3c(C)ncnc32)C[C@H](OCc2ccccc2)[C@H]1CC. The lowest BCUT2D eigenvalue weighted by Crippen LogP contribution is -2.36. The summed E-state index contributed by atoms with van der Waals surface area (Å²) >= 11 is 0. The van der Waals surface area contributed by atoms with Crippen LogP contribution in [-0.2, 0) is 11.3 Å². The highest BCUT2D eigenvalue weighted by Crippen LogP contribution is 2.45. The van der Waals surface area contributed by atoms with Gasteiger partial charge in [-0.3, -0.25) is 4.99 Å².